The van der Waals surface area contributed by atoms with E-state index in [0.29, 0.717) is 39.4 Å². The first-order chi connectivity index (χ1) is 11.1. The lowest BCUT2D eigenvalue weighted by atomic mass is 10.1. The highest BCUT2D eigenvalue weighted by molar-refractivity contribution is 7.86. The van der Waals surface area contributed by atoms with Crippen molar-refractivity contribution in [1.82, 2.24) is 8.61 Å². The van der Waals surface area contributed by atoms with E-state index < -0.39 is 10.2 Å². The number of rotatable bonds is 4. The Bertz CT molecular complexity index is 603. The summed E-state index contributed by atoms with van der Waals surface area (Å²) in [5.41, 5.74) is 1.20. The number of hydrogen-bond donors (Lipinski definition) is 0. The summed E-state index contributed by atoms with van der Waals surface area (Å²) in [6.45, 7) is 4.91. The van der Waals surface area contributed by atoms with Crippen LogP contribution in [0.25, 0.3) is 0 Å². The van der Waals surface area contributed by atoms with Crippen LogP contribution in [0.5, 0.6) is 5.75 Å². The largest absolute Gasteiger partial charge is 0.490 e. The molecule has 0 unspecified atom stereocenters. The first-order valence-corrected chi connectivity index (χ1v) is 9.52. The summed E-state index contributed by atoms with van der Waals surface area (Å²) >= 11 is 0. The molecule has 0 atom stereocenters. The van der Waals surface area contributed by atoms with Gasteiger partial charge in [-0.15, -0.1) is 0 Å². The molecule has 2 saturated heterocycles. The monoisotopic (exact) mass is 340 g/mol. The summed E-state index contributed by atoms with van der Waals surface area (Å²) < 4.78 is 39.5. The van der Waals surface area contributed by atoms with E-state index in [1.807, 2.05) is 31.2 Å². The molecule has 2 fully saturated rings. The molecule has 0 amide bonds. The van der Waals surface area contributed by atoms with Gasteiger partial charge in [-0.1, -0.05) is 17.7 Å². The van der Waals surface area contributed by atoms with Gasteiger partial charge in [-0.05, 0) is 31.9 Å². The highest BCUT2D eigenvalue weighted by Gasteiger charge is 2.34. The number of benzene rings is 1. The molecule has 0 aliphatic carbocycles. The van der Waals surface area contributed by atoms with E-state index in [1.165, 1.54) is 9.87 Å². The molecule has 2 heterocycles. The van der Waals surface area contributed by atoms with Gasteiger partial charge < -0.3 is 9.47 Å². The van der Waals surface area contributed by atoms with E-state index >= 15 is 0 Å². The van der Waals surface area contributed by atoms with Crippen LogP contribution < -0.4 is 4.74 Å². The summed E-state index contributed by atoms with van der Waals surface area (Å²) in [6.07, 6.45) is 1.52. The third-order valence-electron chi connectivity index (χ3n) is 4.35. The molecule has 6 nitrogen and oxygen atoms in total. The number of nitrogens with zero attached hydrogens (tertiary/aromatic N) is 2. The van der Waals surface area contributed by atoms with Crippen molar-refractivity contribution in [2.24, 2.45) is 0 Å². The fourth-order valence-electron chi connectivity index (χ4n) is 2.93. The third-order valence-corrected chi connectivity index (χ3v) is 6.38. The van der Waals surface area contributed by atoms with Crippen LogP contribution in [0.3, 0.4) is 0 Å². The fourth-order valence-corrected chi connectivity index (χ4v) is 4.54. The van der Waals surface area contributed by atoms with Crippen LogP contribution in [-0.2, 0) is 14.9 Å². The van der Waals surface area contributed by atoms with Crippen LogP contribution in [0.15, 0.2) is 24.3 Å². The number of hydrogen-bond acceptors (Lipinski definition) is 4. The number of aryl methyl sites for hydroxylation is 1. The molecule has 2 aliphatic heterocycles. The van der Waals surface area contributed by atoms with E-state index in [-0.39, 0.29) is 6.10 Å². The first-order valence-electron chi connectivity index (χ1n) is 8.12. The van der Waals surface area contributed by atoms with Crippen LogP contribution in [0.1, 0.15) is 18.4 Å². The Labute approximate surface area is 138 Å². The van der Waals surface area contributed by atoms with Crippen molar-refractivity contribution in [1.29, 1.82) is 0 Å². The second kappa shape index (κ2) is 7.17. The summed E-state index contributed by atoms with van der Waals surface area (Å²) in [7, 11) is -3.36. The summed E-state index contributed by atoms with van der Waals surface area (Å²) in [4.78, 5) is 0. The van der Waals surface area contributed by atoms with Gasteiger partial charge in [0.1, 0.15) is 11.9 Å². The molecule has 2 aliphatic rings. The van der Waals surface area contributed by atoms with E-state index in [2.05, 4.69) is 0 Å². The zero-order valence-corrected chi connectivity index (χ0v) is 14.3. The van der Waals surface area contributed by atoms with Crippen molar-refractivity contribution >= 4 is 10.2 Å². The summed E-state index contributed by atoms with van der Waals surface area (Å²) in [6, 6.07) is 7.97. The number of ether oxygens (including phenoxy) is 2. The van der Waals surface area contributed by atoms with Crippen molar-refractivity contribution in [2.75, 3.05) is 39.4 Å². The number of morpholine rings is 1. The predicted octanol–water partition coefficient (Wildman–Crippen LogP) is 1.42. The van der Waals surface area contributed by atoms with E-state index in [1.54, 1.807) is 4.31 Å². The Hall–Kier alpha value is -1.15. The minimum Gasteiger partial charge on any atom is -0.490 e. The third kappa shape index (κ3) is 4.03. The average Bonchev–Trinajstić information content (AvgIpc) is 2.58. The maximum Gasteiger partial charge on any atom is 0.282 e. The normalized spacial score (nSPS) is 22.1. The van der Waals surface area contributed by atoms with Crippen LogP contribution in [0.2, 0.25) is 0 Å². The van der Waals surface area contributed by atoms with Gasteiger partial charge in [0.2, 0.25) is 0 Å². The SMILES string of the molecule is Cc1ccc(OC2CCN(S(=O)(=O)N3CCOCC3)CC2)cc1. The van der Waals surface area contributed by atoms with Crippen LogP contribution in [-0.4, -0.2) is 62.5 Å². The topological polar surface area (TPSA) is 59.1 Å². The van der Waals surface area contributed by atoms with Crippen LogP contribution in [0.4, 0.5) is 0 Å². The molecular weight excluding hydrogens is 316 g/mol. The maximum atomic E-state index is 12.6. The van der Waals surface area contributed by atoms with E-state index in [9.17, 15) is 8.42 Å². The average molecular weight is 340 g/mol. The molecule has 0 N–H and O–H groups in total. The molecule has 1 aromatic carbocycles. The summed E-state index contributed by atoms with van der Waals surface area (Å²) in [5.74, 6) is 0.852. The molecule has 0 spiro atoms. The van der Waals surface area contributed by atoms with Crippen molar-refractivity contribution < 1.29 is 17.9 Å². The molecular formula is C16H24N2O4S. The molecule has 7 heteroatoms. The van der Waals surface area contributed by atoms with Crippen LogP contribution in [0, 0.1) is 6.92 Å². The molecule has 0 saturated carbocycles. The lowest BCUT2D eigenvalue weighted by molar-refractivity contribution is 0.0677. The van der Waals surface area contributed by atoms with Gasteiger partial charge in [0.15, 0.2) is 0 Å². The maximum absolute atomic E-state index is 12.6. The zero-order chi connectivity index (χ0) is 16.3. The van der Waals surface area contributed by atoms with Crippen molar-refractivity contribution in [3.8, 4) is 5.75 Å². The van der Waals surface area contributed by atoms with Crippen molar-refractivity contribution in [2.45, 2.75) is 25.9 Å². The minimum absolute atomic E-state index is 0.0776. The Balaban J connectivity index is 1.54. The fraction of sp³-hybridized carbons (Fsp3) is 0.625. The van der Waals surface area contributed by atoms with Gasteiger partial charge in [-0.25, -0.2) is 0 Å². The lowest BCUT2D eigenvalue weighted by Crippen LogP contribution is -2.51. The predicted molar refractivity (Wildman–Crippen MR) is 87.7 cm³/mol. The standard InChI is InChI=1S/C16H24N2O4S/c1-14-2-4-15(5-3-14)22-16-6-8-17(9-7-16)23(19,20)18-10-12-21-13-11-18/h2-5,16H,6-13H2,1H3. The molecule has 23 heavy (non-hydrogen) atoms. The highest BCUT2D eigenvalue weighted by Crippen LogP contribution is 2.22. The smallest absolute Gasteiger partial charge is 0.282 e. The van der Waals surface area contributed by atoms with E-state index in [4.69, 9.17) is 9.47 Å². The second-order valence-electron chi connectivity index (χ2n) is 6.05. The quantitative estimate of drug-likeness (QED) is 0.832. The molecule has 3 rings (SSSR count). The Morgan fingerprint density at radius 3 is 2.17 bits per heavy atom. The van der Waals surface area contributed by atoms with Gasteiger partial charge in [0.25, 0.3) is 10.2 Å². The number of piperidine rings is 1. The second-order valence-corrected chi connectivity index (χ2v) is 7.98. The van der Waals surface area contributed by atoms with E-state index in [0.717, 1.165) is 18.6 Å². The summed E-state index contributed by atoms with van der Waals surface area (Å²) in [5, 5.41) is 0. The Morgan fingerprint density at radius 2 is 1.57 bits per heavy atom. The highest BCUT2D eigenvalue weighted by atomic mass is 32.2. The lowest BCUT2D eigenvalue weighted by Gasteiger charge is -2.36. The van der Waals surface area contributed by atoms with Crippen molar-refractivity contribution in [3.63, 3.8) is 0 Å². The van der Waals surface area contributed by atoms with Gasteiger partial charge in [-0.3, -0.25) is 0 Å². The van der Waals surface area contributed by atoms with Gasteiger partial charge >= 0.3 is 0 Å². The van der Waals surface area contributed by atoms with Gasteiger partial charge in [-0.2, -0.15) is 17.0 Å². The van der Waals surface area contributed by atoms with Gasteiger partial charge in [0.05, 0.1) is 13.2 Å². The minimum atomic E-state index is -3.36. The molecule has 0 radical (unpaired) electrons. The molecule has 128 valence electrons. The molecule has 0 bridgehead atoms. The molecule has 1 aromatic rings. The zero-order valence-electron chi connectivity index (χ0n) is 13.5. The van der Waals surface area contributed by atoms with Crippen molar-refractivity contribution in [3.05, 3.63) is 29.8 Å². The Kier molecular flexibility index (Phi) is 5.21. The first kappa shape index (κ1) is 16.7. The van der Waals surface area contributed by atoms with Crippen LogP contribution >= 0.6 is 0 Å². The Morgan fingerprint density at radius 1 is 1.00 bits per heavy atom. The molecule has 0 aromatic heterocycles. The van der Waals surface area contributed by atoms with Gasteiger partial charge in [0, 0.05) is 26.2 Å².